The van der Waals surface area contributed by atoms with Crippen LogP contribution in [0.3, 0.4) is 0 Å². The van der Waals surface area contributed by atoms with Gasteiger partial charge in [0.05, 0.1) is 6.10 Å². The van der Waals surface area contributed by atoms with Gasteiger partial charge in [0.2, 0.25) is 5.95 Å². The minimum Gasteiger partial charge on any atom is -0.393 e. The van der Waals surface area contributed by atoms with Gasteiger partial charge in [-0.15, -0.1) is 0 Å². The van der Waals surface area contributed by atoms with E-state index in [2.05, 4.69) is 25.2 Å². The van der Waals surface area contributed by atoms with Crippen molar-refractivity contribution in [3.8, 4) is 0 Å². The number of aromatic nitrogens is 4. The van der Waals surface area contributed by atoms with Crippen molar-refractivity contribution in [1.82, 2.24) is 19.5 Å². The lowest BCUT2D eigenvalue weighted by atomic mass is 10.1. The summed E-state index contributed by atoms with van der Waals surface area (Å²) in [6.45, 7) is 6.34. The monoisotopic (exact) mass is 344 g/mol. The summed E-state index contributed by atoms with van der Waals surface area (Å²) in [5, 5.41) is 12.8. The Hall–Kier alpha value is -2.48. The largest absolute Gasteiger partial charge is 0.393 e. The van der Waals surface area contributed by atoms with Gasteiger partial charge in [-0.05, 0) is 38.8 Å². The van der Waals surface area contributed by atoms with Crippen molar-refractivity contribution < 1.29 is 5.11 Å². The number of nitrogens with one attached hydrogen (secondary N) is 1. The standard InChI is InChI=1S/C17H24N6O2/c1-12-11-13(2)23(17(25)20-12)10-7-19-16-18-6-3-15(21-16)22-8-4-14(24)5-9-22/h3,6,11,14,24H,4-5,7-10H2,1-2H3,(H,18,19,21). The van der Waals surface area contributed by atoms with Gasteiger partial charge in [-0.3, -0.25) is 4.57 Å². The summed E-state index contributed by atoms with van der Waals surface area (Å²) >= 11 is 0. The predicted molar refractivity (Wildman–Crippen MR) is 95.9 cm³/mol. The Morgan fingerprint density at radius 2 is 2.04 bits per heavy atom. The third-order valence-corrected chi connectivity index (χ3v) is 4.39. The van der Waals surface area contributed by atoms with Crippen LogP contribution in [0.5, 0.6) is 0 Å². The molecule has 0 saturated carbocycles. The molecule has 2 aromatic rings. The average molecular weight is 344 g/mol. The first kappa shape index (κ1) is 17.3. The zero-order chi connectivity index (χ0) is 17.8. The van der Waals surface area contributed by atoms with Crippen molar-refractivity contribution in [3.05, 3.63) is 40.2 Å². The van der Waals surface area contributed by atoms with E-state index in [0.29, 0.717) is 19.0 Å². The van der Waals surface area contributed by atoms with E-state index in [1.807, 2.05) is 26.0 Å². The maximum absolute atomic E-state index is 12.0. The molecule has 0 atom stereocenters. The summed E-state index contributed by atoms with van der Waals surface area (Å²) < 4.78 is 1.63. The van der Waals surface area contributed by atoms with Crippen LogP contribution in [0.2, 0.25) is 0 Å². The number of aryl methyl sites for hydroxylation is 2. The first-order valence-corrected chi connectivity index (χ1v) is 8.58. The number of nitrogens with zero attached hydrogens (tertiary/aromatic N) is 5. The van der Waals surface area contributed by atoms with Gasteiger partial charge in [-0.1, -0.05) is 0 Å². The normalized spacial score (nSPS) is 15.4. The van der Waals surface area contributed by atoms with E-state index < -0.39 is 0 Å². The average Bonchev–Trinajstić information content (AvgIpc) is 2.58. The highest BCUT2D eigenvalue weighted by molar-refractivity contribution is 5.42. The molecule has 8 nitrogen and oxygen atoms in total. The fourth-order valence-corrected chi connectivity index (χ4v) is 3.03. The van der Waals surface area contributed by atoms with E-state index in [1.165, 1.54) is 0 Å². The highest BCUT2D eigenvalue weighted by Crippen LogP contribution is 2.18. The van der Waals surface area contributed by atoms with Crippen molar-refractivity contribution in [2.45, 2.75) is 39.3 Å². The molecule has 1 aliphatic heterocycles. The number of hydrogen-bond donors (Lipinski definition) is 2. The van der Waals surface area contributed by atoms with Gasteiger partial charge in [0.1, 0.15) is 5.82 Å². The molecule has 2 aromatic heterocycles. The first-order valence-electron chi connectivity index (χ1n) is 8.58. The molecule has 2 N–H and O–H groups in total. The minimum absolute atomic E-state index is 0.208. The zero-order valence-electron chi connectivity index (χ0n) is 14.6. The molecule has 1 fully saturated rings. The van der Waals surface area contributed by atoms with E-state index in [0.717, 1.165) is 43.1 Å². The van der Waals surface area contributed by atoms with Gasteiger partial charge in [0, 0.05) is 43.8 Å². The zero-order valence-corrected chi connectivity index (χ0v) is 14.6. The molecule has 8 heteroatoms. The second kappa shape index (κ2) is 7.60. The Bertz CT molecular complexity index is 783. The number of rotatable bonds is 5. The summed E-state index contributed by atoms with van der Waals surface area (Å²) in [7, 11) is 0. The van der Waals surface area contributed by atoms with Crippen LogP contribution in [0.1, 0.15) is 24.2 Å². The fourth-order valence-electron chi connectivity index (χ4n) is 3.03. The summed E-state index contributed by atoms with van der Waals surface area (Å²) in [5.74, 6) is 1.39. The number of anilines is 2. The maximum atomic E-state index is 12.0. The van der Waals surface area contributed by atoms with Crippen molar-refractivity contribution in [2.24, 2.45) is 0 Å². The second-order valence-electron chi connectivity index (χ2n) is 6.36. The Kier molecular flexibility index (Phi) is 5.28. The Morgan fingerprint density at radius 1 is 1.28 bits per heavy atom. The van der Waals surface area contributed by atoms with E-state index in [-0.39, 0.29) is 11.8 Å². The molecule has 25 heavy (non-hydrogen) atoms. The quantitative estimate of drug-likeness (QED) is 0.825. The molecule has 1 aliphatic rings. The third kappa shape index (κ3) is 4.33. The molecule has 0 aliphatic carbocycles. The molecule has 0 unspecified atom stereocenters. The van der Waals surface area contributed by atoms with E-state index in [4.69, 9.17) is 0 Å². The molecule has 3 heterocycles. The molecular weight excluding hydrogens is 320 g/mol. The second-order valence-corrected chi connectivity index (χ2v) is 6.36. The van der Waals surface area contributed by atoms with Crippen LogP contribution in [-0.2, 0) is 6.54 Å². The smallest absolute Gasteiger partial charge is 0.348 e. The van der Waals surface area contributed by atoms with Crippen LogP contribution >= 0.6 is 0 Å². The van der Waals surface area contributed by atoms with Gasteiger partial charge < -0.3 is 15.3 Å². The van der Waals surface area contributed by atoms with Crippen LogP contribution in [0.4, 0.5) is 11.8 Å². The minimum atomic E-state index is -0.235. The number of aliphatic hydroxyl groups is 1. The molecule has 0 spiro atoms. The van der Waals surface area contributed by atoms with Crippen LogP contribution < -0.4 is 15.9 Å². The third-order valence-electron chi connectivity index (χ3n) is 4.39. The van der Waals surface area contributed by atoms with E-state index >= 15 is 0 Å². The molecule has 0 aromatic carbocycles. The lowest BCUT2D eigenvalue weighted by Gasteiger charge is -2.30. The summed E-state index contributed by atoms with van der Waals surface area (Å²) in [6.07, 6.45) is 3.03. The van der Waals surface area contributed by atoms with Gasteiger partial charge in [0.25, 0.3) is 0 Å². The van der Waals surface area contributed by atoms with Crippen LogP contribution in [-0.4, -0.2) is 50.4 Å². The van der Waals surface area contributed by atoms with E-state index in [1.54, 1.807) is 10.8 Å². The Labute approximate surface area is 146 Å². The van der Waals surface area contributed by atoms with Crippen LogP contribution in [0, 0.1) is 13.8 Å². The van der Waals surface area contributed by atoms with Gasteiger partial charge >= 0.3 is 5.69 Å². The van der Waals surface area contributed by atoms with Gasteiger partial charge in [-0.2, -0.15) is 9.97 Å². The topological polar surface area (TPSA) is 96.2 Å². The lowest BCUT2D eigenvalue weighted by molar-refractivity contribution is 0.145. The van der Waals surface area contributed by atoms with Gasteiger partial charge in [-0.25, -0.2) is 9.78 Å². The van der Waals surface area contributed by atoms with Crippen molar-refractivity contribution >= 4 is 11.8 Å². The highest BCUT2D eigenvalue weighted by atomic mass is 16.3. The molecule has 0 radical (unpaired) electrons. The first-order chi connectivity index (χ1) is 12.0. The molecule has 3 rings (SSSR count). The van der Waals surface area contributed by atoms with Crippen LogP contribution in [0.15, 0.2) is 23.1 Å². The summed E-state index contributed by atoms with van der Waals surface area (Å²) in [4.78, 5) is 26.8. The Morgan fingerprint density at radius 3 is 2.76 bits per heavy atom. The Balaban J connectivity index is 1.61. The van der Waals surface area contributed by atoms with Crippen LogP contribution in [0.25, 0.3) is 0 Å². The fraction of sp³-hybridized carbons (Fsp3) is 0.529. The summed E-state index contributed by atoms with van der Waals surface area (Å²) in [5.41, 5.74) is 1.39. The van der Waals surface area contributed by atoms with E-state index in [9.17, 15) is 9.90 Å². The SMILES string of the molecule is Cc1cc(C)n(CCNc2nccc(N3CCC(O)CC3)n2)c(=O)n1. The number of hydrogen-bond acceptors (Lipinski definition) is 7. The maximum Gasteiger partial charge on any atom is 0.348 e. The van der Waals surface area contributed by atoms with Crippen molar-refractivity contribution in [1.29, 1.82) is 0 Å². The molecule has 0 amide bonds. The summed E-state index contributed by atoms with van der Waals surface area (Å²) in [6, 6.07) is 3.77. The number of aliphatic hydroxyl groups excluding tert-OH is 1. The molecule has 134 valence electrons. The van der Waals surface area contributed by atoms with Crippen molar-refractivity contribution in [3.63, 3.8) is 0 Å². The highest BCUT2D eigenvalue weighted by Gasteiger charge is 2.18. The molecule has 1 saturated heterocycles. The van der Waals surface area contributed by atoms with Gasteiger partial charge in [0.15, 0.2) is 0 Å². The lowest BCUT2D eigenvalue weighted by Crippen LogP contribution is -2.36. The van der Waals surface area contributed by atoms with Crippen molar-refractivity contribution in [2.75, 3.05) is 29.9 Å². The number of piperidine rings is 1. The molecule has 0 bridgehead atoms. The predicted octanol–water partition coefficient (Wildman–Crippen LogP) is 0.723. The molecular formula is C17H24N6O2.